The van der Waals surface area contributed by atoms with Crippen LogP contribution in [-0.4, -0.2) is 30.5 Å². The molecule has 1 aromatic carbocycles. The summed E-state index contributed by atoms with van der Waals surface area (Å²) in [5.41, 5.74) is 1.31. The van der Waals surface area contributed by atoms with Gasteiger partial charge in [-0.3, -0.25) is 0 Å². The first kappa shape index (κ1) is 10.1. The molecular formula is C13H16O3. The van der Waals surface area contributed by atoms with Crippen molar-refractivity contribution in [2.45, 2.75) is 5.41 Å². The minimum absolute atomic E-state index is 0.0791. The third-order valence-electron chi connectivity index (χ3n) is 4.41. The van der Waals surface area contributed by atoms with Gasteiger partial charge in [-0.25, -0.2) is 0 Å². The minimum atomic E-state index is 0.0791. The van der Waals surface area contributed by atoms with Crippen molar-refractivity contribution in [3.63, 3.8) is 0 Å². The fourth-order valence-electron chi connectivity index (χ4n) is 3.49. The van der Waals surface area contributed by atoms with Gasteiger partial charge in [-0.1, -0.05) is 12.1 Å². The molecular weight excluding hydrogens is 204 g/mol. The van der Waals surface area contributed by atoms with Gasteiger partial charge < -0.3 is 14.9 Å². The molecule has 0 radical (unpaired) electrons. The molecule has 4 atom stereocenters. The number of ether oxygens (including phenoxy) is 1. The topological polar surface area (TPSA) is 49.7 Å². The smallest absolute Gasteiger partial charge is 0.118 e. The van der Waals surface area contributed by atoms with Crippen LogP contribution >= 0.6 is 0 Å². The van der Waals surface area contributed by atoms with Crippen molar-refractivity contribution in [2.24, 2.45) is 17.8 Å². The zero-order valence-electron chi connectivity index (χ0n) is 9.26. The summed E-state index contributed by atoms with van der Waals surface area (Å²) in [6.07, 6.45) is 0. The predicted molar refractivity (Wildman–Crippen MR) is 59.3 cm³/mol. The van der Waals surface area contributed by atoms with Gasteiger partial charge in [-0.2, -0.15) is 0 Å². The van der Waals surface area contributed by atoms with E-state index in [0.29, 0.717) is 17.8 Å². The third-order valence-corrected chi connectivity index (χ3v) is 4.41. The van der Waals surface area contributed by atoms with E-state index in [4.69, 9.17) is 4.74 Å². The van der Waals surface area contributed by atoms with E-state index in [2.05, 4.69) is 12.1 Å². The number of hydrogen-bond acceptors (Lipinski definition) is 3. The average Bonchev–Trinajstić information content (AvgIpc) is 3.18. The van der Waals surface area contributed by atoms with Crippen LogP contribution in [0.25, 0.3) is 0 Å². The maximum Gasteiger partial charge on any atom is 0.118 e. The van der Waals surface area contributed by atoms with Gasteiger partial charge in [-0.05, 0) is 35.4 Å². The SMILES string of the molecule is COc1ccc([C@]23C(CO)C2[C@H]3CO)cc1. The van der Waals surface area contributed by atoms with Crippen LogP contribution in [0.3, 0.4) is 0 Å². The number of rotatable bonds is 4. The summed E-state index contributed by atoms with van der Waals surface area (Å²) in [4.78, 5) is 0. The third kappa shape index (κ3) is 1.00. The Bertz CT molecular complexity index is 386. The molecule has 2 aliphatic rings. The highest BCUT2D eigenvalue weighted by molar-refractivity contribution is 5.51. The molecule has 3 rings (SSSR count). The Labute approximate surface area is 94.7 Å². The van der Waals surface area contributed by atoms with E-state index in [-0.39, 0.29) is 18.6 Å². The zero-order valence-corrected chi connectivity index (χ0v) is 9.26. The lowest BCUT2D eigenvalue weighted by atomic mass is 9.91. The lowest BCUT2D eigenvalue weighted by Gasteiger charge is -2.16. The van der Waals surface area contributed by atoms with Crippen LogP contribution in [0.2, 0.25) is 0 Å². The second-order valence-corrected chi connectivity index (χ2v) is 4.77. The van der Waals surface area contributed by atoms with Crippen LogP contribution < -0.4 is 4.74 Å². The summed E-state index contributed by atoms with van der Waals surface area (Å²) in [5.74, 6) is 2.06. The van der Waals surface area contributed by atoms with E-state index < -0.39 is 0 Å². The van der Waals surface area contributed by atoms with Gasteiger partial charge in [0.25, 0.3) is 0 Å². The molecule has 2 unspecified atom stereocenters. The largest absolute Gasteiger partial charge is 0.497 e. The van der Waals surface area contributed by atoms with Crippen molar-refractivity contribution in [2.75, 3.05) is 20.3 Å². The highest BCUT2D eigenvalue weighted by atomic mass is 16.5. The molecule has 0 spiro atoms. The number of fused-ring (bicyclic) bond motifs is 1. The summed E-state index contributed by atoms with van der Waals surface area (Å²) < 4.78 is 5.12. The average molecular weight is 220 g/mol. The Morgan fingerprint density at radius 2 is 1.69 bits per heavy atom. The van der Waals surface area contributed by atoms with Crippen molar-refractivity contribution >= 4 is 0 Å². The van der Waals surface area contributed by atoms with Gasteiger partial charge in [0.05, 0.1) is 7.11 Å². The normalized spacial score (nSPS) is 39.1. The van der Waals surface area contributed by atoms with Crippen molar-refractivity contribution in [3.05, 3.63) is 29.8 Å². The molecule has 0 bridgehead atoms. The fraction of sp³-hybridized carbons (Fsp3) is 0.538. The van der Waals surface area contributed by atoms with Gasteiger partial charge in [0.1, 0.15) is 5.75 Å². The highest BCUT2D eigenvalue weighted by Crippen LogP contribution is 2.83. The number of methoxy groups -OCH3 is 1. The van der Waals surface area contributed by atoms with Crippen LogP contribution in [0.1, 0.15) is 5.56 Å². The quantitative estimate of drug-likeness (QED) is 0.789. The van der Waals surface area contributed by atoms with E-state index in [1.165, 1.54) is 5.56 Å². The van der Waals surface area contributed by atoms with E-state index in [0.717, 1.165) is 5.75 Å². The first-order valence-corrected chi connectivity index (χ1v) is 5.67. The van der Waals surface area contributed by atoms with Crippen molar-refractivity contribution in [1.29, 1.82) is 0 Å². The number of hydrogen-bond donors (Lipinski definition) is 2. The van der Waals surface area contributed by atoms with Crippen molar-refractivity contribution < 1.29 is 14.9 Å². The lowest BCUT2D eigenvalue weighted by molar-refractivity contribution is 0.181. The maximum atomic E-state index is 9.24. The Hall–Kier alpha value is -1.06. The summed E-state index contributed by atoms with van der Waals surface area (Å²) in [7, 11) is 1.65. The summed E-state index contributed by atoms with van der Waals surface area (Å²) in [5, 5.41) is 18.5. The first-order chi connectivity index (χ1) is 7.80. The van der Waals surface area contributed by atoms with E-state index in [1.807, 2.05) is 12.1 Å². The molecule has 0 aliphatic heterocycles. The van der Waals surface area contributed by atoms with Gasteiger partial charge in [0, 0.05) is 18.6 Å². The van der Waals surface area contributed by atoms with Gasteiger partial charge in [0.15, 0.2) is 0 Å². The van der Waals surface area contributed by atoms with Crippen LogP contribution in [0.15, 0.2) is 24.3 Å². The minimum Gasteiger partial charge on any atom is -0.497 e. The molecule has 2 fully saturated rings. The molecule has 2 aliphatic carbocycles. The van der Waals surface area contributed by atoms with E-state index >= 15 is 0 Å². The molecule has 3 nitrogen and oxygen atoms in total. The Kier molecular flexibility index (Phi) is 2.03. The molecule has 0 amide bonds. The number of aliphatic hydroxyl groups is 2. The number of aliphatic hydroxyl groups excluding tert-OH is 2. The molecule has 1 aromatic rings. The standard InChI is InChI=1S/C13H16O3/c1-16-9-4-2-8(3-5-9)13-10(6-14)12(13)11(13)7-15/h2-5,10-12,14-15H,6-7H2,1H3/t10-,11?,12?,13+/m1/s1. The van der Waals surface area contributed by atoms with Gasteiger partial charge >= 0.3 is 0 Å². The molecule has 0 aromatic heterocycles. The molecule has 2 N–H and O–H groups in total. The summed E-state index contributed by atoms with van der Waals surface area (Å²) >= 11 is 0. The molecule has 86 valence electrons. The van der Waals surface area contributed by atoms with Crippen LogP contribution in [0, 0.1) is 17.8 Å². The zero-order chi connectivity index (χ0) is 11.3. The molecule has 0 heterocycles. The molecule has 16 heavy (non-hydrogen) atoms. The maximum absolute atomic E-state index is 9.24. The monoisotopic (exact) mass is 220 g/mol. The van der Waals surface area contributed by atoms with Gasteiger partial charge in [-0.15, -0.1) is 0 Å². The molecule has 3 heteroatoms. The Morgan fingerprint density at radius 1 is 1.12 bits per heavy atom. The Balaban J connectivity index is 1.87. The predicted octanol–water partition coefficient (Wildman–Crippen LogP) is 0.793. The molecule has 2 saturated carbocycles. The van der Waals surface area contributed by atoms with Crippen molar-refractivity contribution in [1.82, 2.24) is 0 Å². The van der Waals surface area contributed by atoms with Gasteiger partial charge in [0.2, 0.25) is 0 Å². The second-order valence-electron chi connectivity index (χ2n) is 4.77. The van der Waals surface area contributed by atoms with Crippen LogP contribution in [-0.2, 0) is 5.41 Å². The summed E-state index contributed by atoms with van der Waals surface area (Å²) in [6.45, 7) is 0.459. The Morgan fingerprint density at radius 3 is 2.12 bits per heavy atom. The fourth-order valence-corrected chi connectivity index (χ4v) is 3.49. The first-order valence-electron chi connectivity index (χ1n) is 5.67. The van der Waals surface area contributed by atoms with Crippen molar-refractivity contribution in [3.8, 4) is 5.75 Å². The molecule has 0 saturated heterocycles. The second kappa shape index (κ2) is 3.22. The van der Waals surface area contributed by atoms with Crippen LogP contribution in [0.5, 0.6) is 5.75 Å². The summed E-state index contributed by atoms with van der Waals surface area (Å²) in [6, 6.07) is 8.00. The number of benzene rings is 1. The van der Waals surface area contributed by atoms with E-state index in [1.54, 1.807) is 7.11 Å². The van der Waals surface area contributed by atoms with E-state index in [9.17, 15) is 10.2 Å². The van der Waals surface area contributed by atoms with Crippen LogP contribution in [0.4, 0.5) is 0 Å². The lowest BCUT2D eigenvalue weighted by Crippen LogP contribution is -2.18. The highest BCUT2D eigenvalue weighted by Gasteiger charge is 2.85.